The number of urea groups is 1. The third-order valence-electron chi connectivity index (χ3n) is 4.88. The van der Waals surface area contributed by atoms with Crippen LogP contribution in [0.25, 0.3) is 0 Å². The summed E-state index contributed by atoms with van der Waals surface area (Å²) in [5.41, 5.74) is 0.276. The molecular weight excluding hydrogens is 369 g/mol. The number of aromatic nitrogens is 1. The predicted molar refractivity (Wildman–Crippen MR) is 101 cm³/mol. The van der Waals surface area contributed by atoms with Gasteiger partial charge in [-0.15, -0.1) is 0 Å². The minimum absolute atomic E-state index is 0.0219. The van der Waals surface area contributed by atoms with E-state index in [0.29, 0.717) is 31.7 Å². The molecule has 2 N–H and O–H groups in total. The minimum atomic E-state index is -4.38. The number of amides is 2. The van der Waals surface area contributed by atoms with Crippen LogP contribution < -0.4 is 15.5 Å². The number of nitrogens with one attached hydrogen (secondary N) is 2. The number of anilines is 1. The number of hydrogen-bond donors (Lipinski definition) is 2. The molecule has 1 fully saturated rings. The summed E-state index contributed by atoms with van der Waals surface area (Å²) in [7, 11) is 0. The van der Waals surface area contributed by atoms with E-state index in [1.54, 1.807) is 0 Å². The molecule has 1 aromatic heterocycles. The van der Waals surface area contributed by atoms with Gasteiger partial charge >= 0.3 is 12.2 Å². The van der Waals surface area contributed by atoms with Crippen LogP contribution in [-0.4, -0.2) is 30.1 Å². The van der Waals surface area contributed by atoms with Gasteiger partial charge in [-0.3, -0.25) is 0 Å². The summed E-state index contributed by atoms with van der Waals surface area (Å²) in [6.45, 7) is 3.17. The number of alkyl halides is 3. The summed E-state index contributed by atoms with van der Waals surface area (Å²) >= 11 is 0. The van der Waals surface area contributed by atoms with Crippen LogP contribution in [0.3, 0.4) is 0 Å². The van der Waals surface area contributed by atoms with Gasteiger partial charge in [0.15, 0.2) is 0 Å². The van der Waals surface area contributed by atoms with Gasteiger partial charge in [0, 0.05) is 25.3 Å². The molecule has 0 saturated carbocycles. The first-order valence-electron chi connectivity index (χ1n) is 9.23. The zero-order valence-corrected chi connectivity index (χ0v) is 15.5. The highest BCUT2D eigenvalue weighted by Gasteiger charge is 2.31. The van der Waals surface area contributed by atoms with E-state index in [0.717, 1.165) is 17.8 Å². The van der Waals surface area contributed by atoms with Gasteiger partial charge in [0.1, 0.15) is 5.82 Å². The third-order valence-corrected chi connectivity index (χ3v) is 4.88. The second-order valence-corrected chi connectivity index (χ2v) is 6.91. The van der Waals surface area contributed by atoms with E-state index in [2.05, 4.69) is 15.6 Å². The summed E-state index contributed by atoms with van der Waals surface area (Å²) in [6.07, 6.45) is -2.11. The number of carbonyl (C=O) groups is 1. The van der Waals surface area contributed by atoms with Gasteiger partial charge in [-0.2, -0.15) is 13.2 Å². The Labute approximate surface area is 162 Å². The Hall–Kier alpha value is -2.77. The van der Waals surface area contributed by atoms with E-state index in [4.69, 9.17) is 0 Å². The lowest BCUT2D eigenvalue weighted by atomic mass is 10.0. The van der Waals surface area contributed by atoms with E-state index in [9.17, 15) is 18.0 Å². The second-order valence-electron chi connectivity index (χ2n) is 6.91. The number of benzene rings is 1. The van der Waals surface area contributed by atoms with Crippen LogP contribution in [0.15, 0.2) is 48.7 Å². The number of hydrogen-bond acceptors (Lipinski definition) is 3. The lowest BCUT2D eigenvalue weighted by Crippen LogP contribution is -2.48. The van der Waals surface area contributed by atoms with Crippen molar-refractivity contribution < 1.29 is 18.0 Å². The third kappa shape index (κ3) is 5.15. The van der Waals surface area contributed by atoms with Gasteiger partial charge in [-0.25, -0.2) is 9.78 Å². The largest absolute Gasteiger partial charge is 0.417 e. The number of pyridine rings is 1. The normalized spacial score (nSPS) is 16.5. The van der Waals surface area contributed by atoms with Crippen molar-refractivity contribution in [3.8, 4) is 0 Å². The smallest absolute Gasteiger partial charge is 0.356 e. The van der Waals surface area contributed by atoms with Crippen LogP contribution in [0, 0.1) is 0 Å². The topological polar surface area (TPSA) is 57.3 Å². The molecule has 5 nitrogen and oxygen atoms in total. The molecule has 1 saturated heterocycles. The lowest BCUT2D eigenvalue weighted by molar-refractivity contribution is -0.137. The fourth-order valence-electron chi connectivity index (χ4n) is 3.24. The first-order valence-corrected chi connectivity index (χ1v) is 9.23. The molecule has 1 atom stereocenters. The summed E-state index contributed by atoms with van der Waals surface area (Å²) in [5.74, 6) is 0.522. The average Bonchev–Trinajstić information content (AvgIpc) is 2.68. The highest BCUT2D eigenvalue weighted by molar-refractivity contribution is 5.74. The second kappa shape index (κ2) is 8.50. The maximum absolute atomic E-state index is 12.6. The maximum Gasteiger partial charge on any atom is 0.417 e. The molecule has 1 unspecified atom stereocenters. The van der Waals surface area contributed by atoms with Crippen LogP contribution in [0.1, 0.15) is 36.9 Å². The van der Waals surface area contributed by atoms with E-state index in [1.807, 2.05) is 42.2 Å². The minimum Gasteiger partial charge on any atom is -0.356 e. The standard InChI is InChI=1S/C20H23F3N4O/c1-14(15-5-3-2-4-6-15)25-19(28)26-17-9-11-27(12-10-17)18-8-7-16(13-24-18)20(21,22)23/h2-8,13-14,17H,9-12H2,1H3,(H2,25,26,28). The number of piperidine rings is 1. The molecule has 0 radical (unpaired) electrons. The monoisotopic (exact) mass is 392 g/mol. The summed E-state index contributed by atoms with van der Waals surface area (Å²) in [6, 6.07) is 11.8. The summed E-state index contributed by atoms with van der Waals surface area (Å²) in [5, 5.41) is 5.90. The van der Waals surface area contributed by atoms with Crippen LogP contribution in [-0.2, 0) is 6.18 Å². The highest BCUT2D eigenvalue weighted by Crippen LogP contribution is 2.29. The SMILES string of the molecule is CC(NC(=O)NC1CCN(c2ccc(C(F)(F)F)cn2)CC1)c1ccccc1. The molecule has 0 bridgehead atoms. The quantitative estimate of drug-likeness (QED) is 0.823. The molecule has 2 heterocycles. The Morgan fingerprint density at radius 2 is 1.82 bits per heavy atom. The Morgan fingerprint density at radius 1 is 1.14 bits per heavy atom. The maximum atomic E-state index is 12.6. The van der Waals surface area contributed by atoms with Crippen molar-refractivity contribution in [3.63, 3.8) is 0 Å². The Bertz CT molecular complexity index is 772. The van der Waals surface area contributed by atoms with Crippen molar-refractivity contribution in [1.29, 1.82) is 0 Å². The molecule has 3 rings (SSSR count). The van der Waals surface area contributed by atoms with Crippen LogP contribution in [0.5, 0.6) is 0 Å². The molecule has 1 aromatic carbocycles. The lowest BCUT2D eigenvalue weighted by Gasteiger charge is -2.33. The van der Waals surface area contributed by atoms with Gasteiger partial charge in [0.05, 0.1) is 11.6 Å². The Kier molecular flexibility index (Phi) is 6.06. The van der Waals surface area contributed by atoms with Crippen molar-refractivity contribution in [1.82, 2.24) is 15.6 Å². The van der Waals surface area contributed by atoms with Gasteiger partial charge in [-0.1, -0.05) is 30.3 Å². The molecule has 2 aromatic rings. The zero-order valence-electron chi connectivity index (χ0n) is 15.5. The Balaban J connectivity index is 1.47. The highest BCUT2D eigenvalue weighted by atomic mass is 19.4. The van der Waals surface area contributed by atoms with Crippen LogP contribution >= 0.6 is 0 Å². The Morgan fingerprint density at radius 3 is 2.39 bits per heavy atom. The van der Waals surface area contributed by atoms with E-state index in [1.165, 1.54) is 6.07 Å². The van der Waals surface area contributed by atoms with Gasteiger partial charge in [-0.05, 0) is 37.5 Å². The molecule has 28 heavy (non-hydrogen) atoms. The zero-order chi connectivity index (χ0) is 20.1. The van der Waals surface area contributed by atoms with Crippen molar-refractivity contribution >= 4 is 11.8 Å². The summed E-state index contributed by atoms with van der Waals surface area (Å²) < 4.78 is 37.9. The fraction of sp³-hybridized carbons (Fsp3) is 0.400. The van der Waals surface area contributed by atoms with Crippen molar-refractivity contribution in [2.24, 2.45) is 0 Å². The number of rotatable bonds is 4. The average molecular weight is 392 g/mol. The van der Waals surface area contributed by atoms with Crippen LogP contribution in [0.2, 0.25) is 0 Å². The fourth-order valence-corrected chi connectivity index (χ4v) is 3.24. The van der Waals surface area contributed by atoms with Crippen molar-refractivity contribution in [3.05, 3.63) is 59.8 Å². The molecular formula is C20H23F3N4O. The molecule has 1 aliphatic heterocycles. The summed E-state index contributed by atoms with van der Waals surface area (Å²) in [4.78, 5) is 18.1. The number of carbonyl (C=O) groups excluding carboxylic acids is 1. The predicted octanol–water partition coefficient (Wildman–Crippen LogP) is 4.13. The first-order chi connectivity index (χ1) is 13.3. The number of nitrogens with zero attached hydrogens (tertiary/aromatic N) is 2. The van der Waals surface area contributed by atoms with Gasteiger partial charge < -0.3 is 15.5 Å². The number of halogens is 3. The van der Waals surface area contributed by atoms with Crippen LogP contribution in [0.4, 0.5) is 23.8 Å². The van der Waals surface area contributed by atoms with Gasteiger partial charge in [0.25, 0.3) is 0 Å². The van der Waals surface area contributed by atoms with E-state index < -0.39 is 11.7 Å². The van der Waals surface area contributed by atoms with Gasteiger partial charge in [0.2, 0.25) is 0 Å². The molecule has 150 valence electrons. The van der Waals surface area contributed by atoms with Crippen molar-refractivity contribution in [2.45, 2.75) is 38.0 Å². The molecule has 8 heteroatoms. The molecule has 1 aliphatic rings. The van der Waals surface area contributed by atoms with E-state index in [-0.39, 0.29) is 18.1 Å². The molecule has 0 aliphatic carbocycles. The molecule has 2 amide bonds. The molecule has 0 spiro atoms. The first kappa shape index (κ1) is 20.0. The van der Waals surface area contributed by atoms with Crippen molar-refractivity contribution in [2.75, 3.05) is 18.0 Å². The van der Waals surface area contributed by atoms with E-state index >= 15 is 0 Å².